The van der Waals surface area contributed by atoms with E-state index in [1.807, 2.05) is 0 Å². The molecule has 1 aliphatic rings. The van der Waals surface area contributed by atoms with Crippen LogP contribution in [0.15, 0.2) is 0 Å². The fraction of sp³-hybridized carbons (Fsp3) is 1.00. The van der Waals surface area contributed by atoms with Crippen molar-refractivity contribution in [2.75, 3.05) is 0 Å². The van der Waals surface area contributed by atoms with Crippen molar-refractivity contribution in [1.82, 2.24) is 0 Å². The molecule has 1 rings (SSSR count). The smallest absolute Gasteiger partial charge is 0.00671 e. The van der Waals surface area contributed by atoms with Crippen LogP contribution in [0, 0.1) is 5.92 Å². The molecule has 0 bridgehead atoms. The van der Waals surface area contributed by atoms with E-state index >= 15 is 0 Å². The van der Waals surface area contributed by atoms with Gasteiger partial charge in [0, 0.05) is 6.04 Å². The zero-order valence-electron chi connectivity index (χ0n) is 11.2. The van der Waals surface area contributed by atoms with E-state index in [9.17, 15) is 0 Å². The van der Waals surface area contributed by atoms with Gasteiger partial charge in [-0.25, -0.2) is 0 Å². The number of rotatable bonds is 8. The highest BCUT2D eigenvalue weighted by molar-refractivity contribution is 4.77. The van der Waals surface area contributed by atoms with E-state index in [0.29, 0.717) is 6.04 Å². The lowest BCUT2D eigenvalue weighted by molar-refractivity contribution is 0.283. The molecule has 16 heavy (non-hydrogen) atoms. The van der Waals surface area contributed by atoms with E-state index in [2.05, 4.69) is 6.92 Å². The Morgan fingerprint density at radius 1 is 0.875 bits per heavy atom. The van der Waals surface area contributed by atoms with E-state index in [4.69, 9.17) is 5.73 Å². The van der Waals surface area contributed by atoms with E-state index in [-0.39, 0.29) is 0 Å². The molecule has 1 heteroatoms. The van der Waals surface area contributed by atoms with Crippen molar-refractivity contribution < 1.29 is 0 Å². The van der Waals surface area contributed by atoms with Gasteiger partial charge in [-0.1, -0.05) is 64.7 Å². The van der Waals surface area contributed by atoms with Gasteiger partial charge in [0.05, 0.1) is 0 Å². The first-order chi connectivity index (χ1) is 7.84. The Bertz CT molecular complexity index is 156. The van der Waals surface area contributed by atoms with Crippen LogP contribution in [0.4, 0.5) is 0 Å². The molecule has 1 saturated carbocycles. The molecule has 0 aromatic rings. The monoisotopic (exact) mass is 225 g/mol. The minimum atomic E-state index is 0.522. The summed E-state index contributed by atoms with van der Waals surface area (Å²) in [7, 11) is 0. The van der Waals surface area contributed by atoms with Crippen LogP contribution in [0.2, 0.25) is 0 Å². The molecule has 96 valence electrons. The van der Waals surface area contributed by atoms with Crippen LogP contribution in [-0.4, -0.2) is 6.04 Å². The molecule has 0 radical (unpaired) electrons. The first-order valence-electron chi connectivity index (χ1n) is 7.60. The summed E-state index contributed by atoms with van der Waals surface area (Å²) in [5.41, 5.74) is 6.16. The Kier molecular flexibility index (Phi) is 7.92. The summed E-state index contributed by atoms with van der Waals surface area (Å²) in [5.74, 6) is 0.851. The number of unbranched alkanes of at least 4 members (excludes halogenated alkanes) is 6. The molecular formula is C15H31N. The fourth-order valence-electron chi connectivity index (χ4n) is 2.96. The second kappa shape index (κ2) is 9.04. The Morgan fingerprint density at radius 3 is 2.19 bits per heavy atom. The Labute approximate surface area is 102 Å². The van der Waals surface area contributed by atoms with Crippen LogP contribution in [0.1, 0.15) is 84.0 Å². The minimum Gasteiger partial charge on any atom is -0.327 e. The van der Waals surface area contributed by atoms with Gasteiger partial charge < -0.3 is 5.73 Å². The standard InChI is InChI=1S/C15H31N/c1-2-3-4-5-6-7-8-11-14-12-9-10-13-15(14)16/h14-15H,2-13,16H2,1H3. The van der Waals surface area contributed by atoms with Crippen molar-refractivity contribution in [2.45, 2.75) is 90.0 Å². The molecule has 0 spiro atoms. The van der Waals surface area contributed by atoms with Gasteiger partial charge in [-0.2, -0.15) is 0 Å². The second-order valence-corrected chi connectivity index (χ2v) is 5.62. The second-order valence-electron chi connectivity index (χ2n) is 5.62. The molecule has 0 saturated heterocycles. The normalized spacial score (nSPS) is 25.9. The lowest BCUT2D eigenvalue weighted by atomic mass is 9.82. The van der Waals surface area contributed by atoms with Crippen molar-refractivity contribution in [3.63, 3.8) is 0 Å². The van der Waals surface area contributed by atoms with Gasteiger partial charge in [0.25, 0.3) is 0 Å². The van der Waals surface area contributed by atoms with E-state index in [1.54, 1.807) is 0 Å². The summed E-state index contributed by atoms with van der Waals surface area (Å²) in [4.78, 5) is 0. The average Bonchev–Trinajstić information content (AvgIpc) is 2.30. The maximum atomic E-state index is 6.16. The van der Waals surface area contributed by atoms with Crippen molar-refractivity contribution in [2.24, 2.45) is 11.7 Å². The molecule has 0 aliphatic heterocycles. The van der Waals surface area contributed by atoms with Gasteiger partial charge in [0.15, 0.2) is 0 Å². The quantitative estimate of drug-likeness (QED) is 0.598. The summed E-state index contributed by atoms with van der Waals surface area (Å²) in [6.45, 7) is 2.28. The van der Waals surface area contributed by atoms with Crippen molar-refractivity contribution in [3.8, 4) is 0 Å². The molecule has 0 aromatic carbocycles. The first kappa shape index (κ1) is 14.0. The largest absolute Gasteiger partial charge is 0.327 e. The molecule has 1 aliphatic carbocycles. The van der Waals surface area contributed by atoms with Crippen molar-refractivity contribution in [3.05, 3.63) is 0 Å². The van der Waals surface area contributed by atoms with Crippen LogP contribution >= 0.6 is 0 Å². The maximum Gasteiger partial charge on any atom is 0.00671 e. The van der Waals surface area contributed by atoms with Gasteiger partial charge in [0.1, 0.15) is 0 Å². The number of nitrogens with two attached hydrogens (primary N) is 1. The third-order valence-corrected chi connectivity index (χ3v) is 4.15. The number of hydrogen-bond acceptors (Lipinski definition) is 1. The zero-order chi connectivity index (χ0) is 11.6. The van der Waals surface area contributed by atoms with Crippen LogP contribution < -0.4 is 5.73 Å². The molecular weight excluding hydrogens is 194 g/mol. The predicted molar refractivity (Wildman–Crippen MR) is 72.5 cm³/mol. The van der Waals surface area contributed by atoms with Crippen LogP contribution in [0.3, 0.4) is 0 Å². The predicted octanol–water partition coefficient (Wildman–Crippen LogP) is 4.64. The Balaban J connectivity index is 1.90. The highest BCUT2D eigenvalue weighted by Gasteiger charge is 2.20. The minimum absolute atomic E-state index is 0.522. The first-order valence-corrected chi connectivity index (χ1v) is 7.60. The highest BCUT2D eigenvalue weighted by atomic mass is 14.7. The zero-order valence-corrected chi connectivity index (χ0v) is 11.2. The highest BCUT2D eigenvalue weighted by Crippen LogP contribution is 2.27. The summed E-state index contributed by atoms with van der Waals surface area (Å²) in [6.07, 6.45) is 16.9. The van der Waals surface area contributed by atoms with Gasteiger partial charge >= 0.3 is 0 Å². The third kappa shape index (κ3) is 5.89. The van der Waals surface area contributed by atoms with Crippen LogP contribution in [0.25, 0.3) is 0 Å². The third-order valence-electron chi connectivity index (χ3n) is 4.15. The Morgan fingerprint density at radius 2 is 1.50 bits per heavy atom. The summed E-state index contributed by atoms with van der Waals surface area (Å²) in [6, 6.07) is 0.522. The molecule has 0 aromatic heterocycles. The topological polar surface area (TPSA) is 26.0 Å². The van der Waals surface area contributed by atoms with E-state index in [0.717, 1.165) is 5.92 Å². The Hall–Kier alpha value is -0.0400. The van der Waals surface area contributed by atoms with E-state index < -0.39 is 0 Å². The van der Waals surface area contributed by atoms with Crippen molar-refractivity contribution in [1.29, 1.82) is 0 Å². The molecule has 2 unspecified atom stereocenters. The van der Waals surface area contributed by atoms with Crippen LogP contribution in [-0.2, 0) is 0 Å². The lowest BCUT2D eigenvalue weighted by Gasteiger charge is -2.28. The molecule has 2 N–H and O–H groups in total. The van der Waals surface area contributed by atoms with E-state index in [1.165, 1.54) is 77.0 Å². The van der Waals surface area contributed by atoms with Gasteiger partial charge in [0.2, 0.25) is 0 Å². The SMILES string of the molecule is CCCCCCCCCC1CCCCC1N. The van der Waals surface area contributed by atoms with Gasteiger partial charge in [-0.15, -0.1) is 0 Å². The van der Waals surface area contributed by atoms with Crippen LogP contribution in [0.5, 0.6) is 0 Å². The maximum absolute atomic E-state index is 6.16. The van der Waals surface area contributed by atoms with Gasteiger partial charge in [-0.3, -0.25) is 0 Å². The average molecular weight is 225 g/mol. The summed E-state index contributed by atoms with van der Waals surface area (Å²) >= 11 is 0. The molecule has 0 heterocycles. The summed E-state index contributed by atoms with van der Waals surface area (Å²) < 4.78 is 0. The lowest BCUT2D eigenvalue weighted by Crippen LogP contribution is -2.32. The molecule has 2 atom stereocenters. The molecule has 1 nitrogen and oxygen atoms in total. The van der Waals surface area contributed by atoms with Crippen molar-refractivity contribution >= 4 is 0 Å². The molecule has 1 fully saturated rings. The fourth-order valence-corrected chi connectivity index (χ4v) is 2.96. The van der Waals surface area contributed by atoms with Gasteiger partial charge in [-0.05, 0) is 25.2 Å². The molecule has 0 amide bonds. The summed E-state index contributed by atoms with van der Waals surface area (Å²) in [5, 5.41) is 0. The number of hydrogen-bond donors (Lipinski definition) is 1.